The fourth-order valence-corrected chi connectivity index (χ4v) is 3.90. The zero-order valence-corrected chi connectivity index (χ0v) is 15.4. The maximum atomic E-state index is 13.5. The first kappa shape index (κ1) is 18.5. The van der Waals surface area contributed by atoms with Crippen LogP contribution in [0.2, 0.25) is 0 Å². The number of carbonyl (C=O) groups is 1. The van der Waals surface area contributed by atoms with Gasteiger partial charge in [-0.2, -0.15) is 5.26 Å². The normalized spacial score (nSPS) is 19.6. The van der Waals surface area contributed by atoms with Crippen LogP contribution in [0, 0.1) is 28.9 Å². The van der Waals surface area contributed by atoms with Crippen molar-refractivity contribution < 1.29 is 13.6 Å². The monoisotopic (exact) mass is 385 g/mol. The Balaban J connectivity index is 1.59. The van der Waals surface area contributed by atoms with E-state index in [0.717, 1.165) is 57.1 Å². The number of hydrogen-bond acceptors (Lipinski definition) is 4. The van der Waals surface area contributed by atoms with Crippen molar-refractivity contribution in [1.29, 1.82) is 5.26 Å². The van der Waals surface area contributed by atoms with E-state index >= 15 is 0 Å². The topological polar surface area (TPSA) is 83.6 Å². The average molecular weight is 385 g/mol. The molecule has 2 aliphatic carbocycles. The minimum absolute atomic E-state index is 0.0581. The Morgan fingerprint density at radius 1 is 1.25 bits per heavy atom. The molecule has 2 aliphatic rings. The molecule has 1 aromatic heterocycles. The lowest BCUT2D eigenvalue weighted by atomic mass is 9.82. The summed E-state index contributed by atoms with van der Waals surface area (Å²) >= 11 is 0. The van der Waals surface area contributed by atoms with E-state index < -0.39 is 23.1 Å². The van der Waals surface area contributed by atoms with Crippen LogP contribution in [-0.4, -0.2) is 20.9 Å². The van der Waals surface area contributed by atoms with Crippen molar-refractivity contribution in [3.05, 3.63) is 47.3 Å². The first-order chi connectivity index (χ1) is 13.5. The van der Waals surface area contributed by atoms with Crippen LogP contribution in [0.4, 0.5) is 8.78 Å². The minimum atomic E-state index is -1.06. The number of nitrogens with one attached hydrogen (secondary N) is 1. The molecule has 0 aliphatic heterocycles. The van der Waals surface area contributed by atoms with Crippen LogP contribution < -0.4 is 5.32 Å². The Labute approximate surface area is 161 Å². The quantitative estimate of drug-likeness (QED) is 0.852. The van der Waals surface area contributed by atoms with Gasteiger partial charge in [0, 0.05) is 5.56 Å². The van der Waals surface area contributed by atoms with Gasteiger partial charge in [0.1, 0.15) is 5.69 Å². The third-order valence-electron chi connectivity index (χ3n) is 5.79. The summed E-state index contributed by atoms with van der Waals surface area (Å²) in [4.78, 5) is 12.7. The van der Waals surface area contributed by atoms with Crippen molar-refractivity contribution in [3.8, 4) is 6.07 Å². The second kappa shape index (κ2) is 7.30. The molecule has 2 saturated carbocycles. The Morgan fingerprint density at radius 2 is 2.00 bits per heavy atom. The zero-order valence-electron chi connectivity index (χ0n) is 15.4. The molecular formula is C20H21F2N5O. The lowest BCUT2D eigenvalue weighted by Crippen LogP contribution is -2.35. The summed E-state index contributed by atoms with van der Waals surface area (Å²) in [5.41, 5.74) is 0.0408. The third-order valence-corrected chi connectivity index (χ3v) is 5.79. The summed E-state index contributed by atoms with van der Waals surface area (Å²) in [5.74, 6) is -2.34. The highest BCUT2D eigenvalue weighted by Gasteiger charge is 2.47. The van der Waals surface area contributed by atoms with E-state index in [9.17, 15) is 18.8 Å². The van der Waals surface area contributed by atoms with Gasteiger partial charge in [-0.1, -0.05) is 24.5 Å². The van der Waals surface area contributed by atoms with Crippen LogP contribution in [0.5, 0.6) is 0 Å². The van der Waals surface area contributed by atoms with Gasteiger partial charge in [0.05, 0.1) is 18.3 Å². The average Bonchev–Trinajstić information content (AvgIpc) is 3.37. The van der Waals surface area contributed by atoms with Gasteiger partial charge in [-0.15, -0.1) is 5.10 Å². The van der Waals surface area contributed by atoms with E-state index in [4.69, 9.17) is 0 Å². The highest BCUT2D eigenvalue weighted by Crippen LogP contribution is 2.43. The molecule has 1 heterocycles. The highest BCUT2D eigenvalue weighted by molar-refractivity contribution is 5.94. The Morgan fingerprint density at radius 3 is 2.64 bits per heavy atom. The molecule has 0 bridgehead atoms. The van der Waals surface area contributed by atoms with Crippen LogP contribution in [0.1, 0.15) is 67.0 Å². The largest absolute Gasteiger partial charge is 0.343 e. The Hall–Kier alpha value is -2.82. The standard InChI is InChI=1S/C20H21F2N5O/c21-15-7-6-14(10-16(15)22)19(28)24-18(13-4-2-1-3-5-13)17-11-27(26-25-17)20(12-23)8-9-20/h6-7,10-11,13,18H,1-5,8-9H2,(H,24,28). The molecule has 6 nitrogen and oxygen atoms in total. The number of hydrogen-bond donors (Lipinski definition) is 1. The van der Waals surface area contributed by atoms with Gasteiger partial charge >= 0.3 is 0 Å². The van der Waals surface area contributed by atoms with Crippen molar-refractivity contribution in [3.63, 3.8) is 0 Å². The van der Waals surface area contributed by atoms with Gasteiger partial charge < -0.3 is 5.32 Å². The maximum Gasteiger partial charge on any atom is 0.251 e. The van der Waals surface area contributed by atoms with Gasteiger partial charge in [-0.25, -0.2) is 13.5 Å². The van der Waals surface area contributed by atoms with E-state index in [-0.39, 0.29) is 17.5 Å². The first-order valence-corrected chi connectivity index (χ1v) is 9.62. The second-order valence-electron chi connectivity index (χ2n) is 7.71. The number of carbonyl (C=O) groups excluding carboxylic acids is 1. The van der Waals surface area contributed by atoms with Gasteiger partial charge in [-0.05, 0) is 49.8 Å². The van der Waals surface area contributed by atoms with Crippen LogP contribution in [0.25, 0.3) is 0 Å². The fourth-order valence-electron chi connectivity index (χ4n) is 3.90. The highest BCUT2D eigenvalue weighted by atomic mass is 19.2. The summed E-state index contributed by atoms with van der Waals surface area (Å²) in [5, 5.41) is 20.7. The Bertz CT molecular complexity index is 925. The number of benzene rings is 1. The summed E-state index contributed by atoms with van der Waals surface area (Å²) in [6.45, 7) is 0. The molecule has 1 N–H and O–H groups in total. The number of amides is 1. The Kier molecular flexibility index (Phi) is 4.84. The molecule has 1 atom stereocenters. The van der Waals surface area contributed by atoms with Crippen molar-refractivity contribution in [1.82, 2.24) is 20.3 Å². The van der Waals surface area contributed by atoms with Gasteiger partial charge in [0.15, 0.2) is 17.2 Å². The predicted octanol–water partition coefficient (Wildman–Crippen LogP) is 3.62. The molecule has 4 rings (SSSR count). The molecule has 0 spiro atoms. The minimum Gasteiger partial charge on any atom is -0.343 e. The smallest absolute Gasteiger partial charge is 0.251 e. The van der Waals surface area contributed by atoms with Gasteiger partial charge in [0.25, 0.3) is 5.91 Å². The van der Waals surface area contributed by atoms with Crippen LogP contribution >= 0.6 is 0 Å². The molecule has 2 fully saturated rings. The zero-order chi connectivity index (χ0) is 19.7. The summed E-state index contributed by atoms with van der Waals surface area (Å²) in [6.07, 6.45) is 8.39. The predicted molar refractivity (Wildman–Crippen MR) is 96.0 cm³/mol. The van der Waals surface area contributed by atoms with Crippen molar-refractivity contribution >= 4 is 5.91 Å². The lowest BCUT2D eigenvalue weighted by Gasteiger charge is -2.29. The van der Waals surface area contributed by atoms with Gasteiger partial charge in [-0.3, -0.25) is 4.79 Å². The summed E-state index contributed by atoms with van der Waals surface area (Å²) in [7, 11) is 0. The van der Waals surface area contributed by atoms with E-state index in [1.54, 1.807) is 10.9 Å². The van der Waals surface area contributed by atoms with Crippen LogP contribution in [-0.2, 0) is 5.54 Å². The van der Waals surface area contributed by atoms with Crippen LogP contribution in [0.3, 0.4) is 0 Å². The maximum absolute atomic E-state index is 13.5. The summed E-state index contributed by atoms with van der Waals surface area (Å²) in [6, 6.07) is 4.99. The van der Waals surface area contributed by atoms with E-state index in [1.807, 2.05) is 0 Å². The van der Waals surface area contributed by atoms with E-state index in [2.05, 4.69) is 21.7 Å². The molecule has 0 radical (unpaired) electrons. The molecule has 2 aromatic rings. The van der Waals surface area contributed by atoms with Crippen LogP contribution in [0.15, 0.2) is 24.4 Å². The van der Waals surface area contributed by atoms with Crippen molar-refractivity contribution in [2.24, 2.45) is 5.92 Å². The SMILES string of the molecule is N#CC1(n2cc(C(NC(=O)c3ccc(F)c(F)c3)C3CCCCC3)nn2)CC1. The van der Waals surface area contributed by atoms with Crippen molar-refractivity contribution in [2.45, 2.75) is 56.5 Å². The molecule has 1 unspecified atom stereocenters. The number of rotatable bonds is 5. The number of nitriles is 1. The van der Waals surface area contributed by atoms with E-state index in [1.165, 1.54) is 6.07 Å². The van der Waals surface area contributed by atoms with Crippen molar-refractivity contribution in [2.75, 3.05) is 0 Å². The second-order valence-corrected chi connectivity index (χ2v) is 7.71. The molecule has 28 heavy (non-hydrogen) atoms. The van der Waals surface area contributed by atoms with Gasteiger partial charge in [0.2, 0.25) is 0 Å². The molecule has 1 amide bonds. The molecule has 146 valence electrons. The molecule has 1 aromatic carbocycles. The van der Waals surface area contributed by atoms with E-state index in [0.29, 0.717) is 5.69 Å². The number of aromatic nitrogens is 3. The summed E-state index contributed by atoms with van der Waals surface area (Å²) < 4.78 is 28.3. The molecule has 8 heteroatoms. The lowest BCUT2D eigenvalue weighted by molar-refractivity contribution is 0.0910. The third kappa shape index (κ3) is 3.49. The number of nitrogens with zero attached hydrogens (tertiary/aromatic N) is 4. The molecular weight excluding hydrogens is 364 g/mol. The number of halogens is 2. The fraction of sp³-hybridized carbons (Fsp3) is 0.500. The molecule has 0 saturated heterocycles. The first-order valence-electron chi connectivity index (χ1n) is 9.62.